The van der Waals surface area contributed by atoms with Gasteiger partial charge in [-0.2, -0.15) is 0 Å². The molecule has 0 atom stereocenters. The predicted molar refractivity (Wildman–Crippen MR) is 81.3 cm³/mol. The molecule has 0 aromatic heterocycles. The number of phenols is 2. The zero-order valence-corrected chi connectivity index (χ0v) is 10.5. The van der Waals surface area contributed by atoms with Crippen molar-refractivity contribution in [2.24, 2.45) is 0 Å². The highest BCUT2D eigenvalue weighted by Crippen LogP contribution is 2.52. The zero-order valence-electron chi connectivity index (χ0n) is 10.5. The van der Waals surface area contributed by atoms with Gasteiger partial charge in [0.15, 0.2) is 11.5 Å². The molecular formula is C18H10O2. The minimum atomic E-state index is -0.0264. The number of hydrogen-bond donors (Lipinski definition) is 2. The summed E-state index contributed by atoms with van der Waals surface area (Å²) in [6, 6.07) is 16.0. The summed E-state index contributed by atoms with van der Waals surface area (Å²) in [5.74, 6) is -0.0511. The minimum absolute atomic E-state index is 0.0248. The van der Waals surface area contributed by atoms with E-state index < -0.39 is 0 Å². The second-order valence-corrected chi connectivity index (χ2v) is 5.32. The Morgan fingerprint density at radius 1 is 0.550 bits per heavy atom. The van der Waals surface area contributed by atoms with E-state index in [1.165, 1.54) is 10.9 Å². The molecule has 2 N–H and O–H groups in total. The van der Waals surface area contributed by atoms with Crippen molar-refractivity contribution in [2.75, 3.05) is 0 Å². The van der Waals surface area contributed by atoms with Crippen LogP contribution in [-0.2, 0) is 0 Å². The maximum absolute atomic E-state index is 10.3. The molecule has 4 aromatic carbocycles. The van der Waals surface area contributed by atoms with Crippen LogP contribution in [0, 0.1) is 0 Å². The summed E-state index contributed by atoms with van der Waals surface area (Å²) in [4.78, 5) is 0. The zero-order chi connectivity index (χ0) is 13.4. The highest BCUT2D eigenvalue weighted by molar-refractivity contribution is 6.34. The maximum Gasteiger partial charge on any atom is 0.166 e. The van der Waals surface area contributed by atoms with Gasteiger partial charge < -0.3 is 10.2 Å². The molecule has 0 fully saturated rings. The van der Waals surface area contributed by atoms with Crippen molar-refractivity contribution >= 4 is 32.3 Å². The van der Waals surface area contributed by atoms with Gasteiger partial charge in [0, 0.05) is 21.5 Å². The number of hydrogen-bond acceptors (Lipinski definition) is 2. The Kier molecular flexibility index (Phi) is 1.54. The third-order valence-corrected chi connectivity index (χ3v) is 4.38. The normalized spacial score (nSPS) is 12.4. The maximum atomic E-state index is 10.3. The van der Waals surface area contributed by atoms with Gasteiger partial charge in [-0.15, -0.1) is 0 Å². The Morgan fingerprint density at radius 2 is 1.20 bits per heavy atom. The summed E-state index contributed by atoms with van der Waals surface area (Å²) >= 11 is 0. The summed E-state index contributed by atoms with van der Waals surface area (Å²) in [6.45, 7) is 0. The fourth-order valence-electron chi connectivity index (χ4n) is 3.56. The van der Waals surface area contributed by atoms with E-state index in [1.807, 2.05) is 30.3 Å². The molecule has 0 heterocycles. The van der Waals surface area contributed by atoms with Gasteiger partial charge in [-0.1, -0.05) is 42.5 Å². The number of rotatable bonds is 0. The number of benzene rings is 4. The van der Waals surface area contributed by atoms with Crippen LogP contribution in [0.5, 0.6) is 11.5 Å². The van der Waals surface area contributed by atoms with E-state index in [4.69, 9.17) is 0 Å². The van der Waals surface area contributed by atoms with Crippen molar-refractivity contribution in [1.82, 2.24) is 0 Å². The molecule has 4 aromatic rings. The lowest BCUT2D eigenvalue weighted by Crippen LogP contribution is -1.80. The first-order valence-electron chi connectivity index (χ1n) is 6.60. The third kappa shape index (κ3) is 0.914. The fourth-order valence-corrected chi connectivity index (χ4v) is 3.56. The van der Waals surface area contributed by atoms with E-state index in [2.05, 4.69) is 18.2 Å². The minimum Gasteiger partial charge on any atom is -0.504 e. The summed E-state index contributed by atoms with van der Waals surface area (Å²) in [5, 5.41) is 26.4. The average Bonchev–Trinajstić information content (AvgIpc) is 2.83. The van der Waals surface area contributed by atoms with Crippen LogP contribution in [0.3, 0.4) is 0 Å². The van der Waals surface area contributed by atoms with Gasteiger partial charge in [-0.3, -0.25) is 0 Å². The van der Waals surface area contributed by atoms with Crippen molar-refractivity contribution in [2.45, 2.75) is 0 Å². The molecule has 2 nitrogen and oxygen atoms in total. The van der Waals surface area contributed by atoms with Crippen molar-refractivity contribution in [3.05, 3.63) is 48.5 Å². The van der Waals surface area contributed by atoms with Crippen LogP contribution in [0.25, 0.3) is 43.4 Å². The van der Waals surface area contributed by atoms with Gasteiger partial charge in [0.05, 0.1) is 0 Å². The summed E-state index contributed by atoms with van der Waals surface area (Å²) < 4.78 is 0. The van der Waals surface area contributed by atoms with Gasteiger partial charge in [0.1, 0.15) is 0 Å². The van der Waals surface area contributed by atoms with Crippen LogP contribution in [0.4, 0.5) is 0 Å². The monoisotopic (exact) mass is 258 g/mol. The molecule has 5 rings (SSSR count). The molecule has 2 heteroatoms. The van der Waals surface area contributed by atoms with Crippen LogP contribution >= 0.6 is 0 Å². The molecule has 0 bridgehead atoms. The Balaban J connectivity index is 2.30. The standard InChI is InChI=1S/C18H10O2/c19-17-12-6-2-5-11-10-4-1-3-9-7-8-13(18(17)20)16(14(9)10)15(11)12/h1-8,19-20H. The van der Waals surface area contributed by atoms with Crippen LogP contribution in [0.2, 0.25) is 0 Å². The molecule has 0 amide bonds. The van der Waals surface area contributed by atoms with Crippen LogP contribution in [0.15, 0.2) is 48.5 Å². The Morgan fingerprint density at radius 3 is 2.00 bits per heavy atom. The van der Waals surface area contributed by atoms with Crippen molar-refractivity contribution in [3.63, 3.8) is 0 Å². The number of phenolic OH excluding ortho intramolecular Hbond substituents is 2. The second kappa shape index (κ2) is 3.05. The average molecular weight is 258 g/mol. The van der Waals surface area contributed by atoms with Gasteiger partial charge in [0.25, 0.3) is 0 Å². The molecule has 0 spiro atoms. The van der Waals surface area contributed by atoms with Crippen molar-refractivity contribution in [3.8, 4) is 22.6 Å². The summed E-state index contributed by atoms with van der Waals surface area (Å²) in [6.07, 6.45) is 0. The molecule has 0 saturated heterocycles. The second-order valence-electron chi connectivity index (χ2n) is 5.32. The number of aromatic hydroxyl groups is 2. The van der Waals surface area contributed by atoms with Crippen LogP contribution in [-0.4, -0.2) is 10.2 Å². The lowest BCUT2D eigenvalue weighted by atomic mass is 9.99. The van der Waals surface area contributed by atoms with E-state index in [1.54, 1.807) is 0 Å². The quantitative estimate of drug-likeness (QED) is 0.316. The molecule has 0 saturated carbocycles. The van der Waals surface area contributed by atoms with Crippen molar-refractivity contribution in [1.29, 1.82) is 0 Å². The fraction of sp³-hybridized carbons (Fsp3) is 0. The highest BCUT2D eigenvalue weighted by Gasteiger charge is 2.24. The predicted octanol–water partition coefficient (Wildman–Crippen LogP) is 4.54. The van der Waals surface area contributed by atoms with Gasteiger partial charge in [-0.25, -0.2) is 0 Å². The van der Waals surface area contributed by atoms with Gasteiger partial charge in [-0.05, 0) is 28.0 Å². The molecule has 0 aliphatic heterocycles. The number of fused-ring (bicyclic) bond motifs is 1. The Hall–Kier alpha value is -2.74. The Bertz CT molecular complexity index is 1060. The lowest BCUT2D eigenvalue weighted by molar-refractivity contribution is 0.412. The summed E-state index contributed by atoms with van der Waals surface area (Å²) in [5.41, 5.74) is 2.31. The molecule has 1 aliphatic rings. The van der Waals surface area contributed by atoms with E-state index in [9.17, 15) is 10.2 Å². The first-order chi connectivity index (χ1) is 9.77. The lowest BCUT2D eigenvalue weighted by Gasteiger charge is -2.08. The molecular weight excluding hydrogens is 248 g/mol. The van der Waals surface area contributed by atoms with E-state index in [-0.39, 0.29) is 11.5 Å². The van der Waals surface area contributed by atoms with Crippen LogP contribution in [0.1, 0.15) is 0 Å². The summed E-state index contributed by atoms with van der Waals surface area (Å²) in [7, 11) is 0. The van der Waals surface area contributed by atoms with Crippen LogP contribution < -0.4 is 0 Å². The smallest absolute Gasteiger partial charge is 0.166 e. The largest absolute Gasteiger partial charge is 0.504 e. The third-order valence-electron chi connectivity index (χ3n) is 4.38. The molecule has 20 heavy (non-hydrogen) atoms. The molecule has 94 valence electrons. The first-order valence-corrected chi connectivity index (χ1v) is 6.60. The first kappa shape index (κ1) is 10.1. The SMILES string of the molecule is Oc1c(O)c2ccc3cccc4c3c2c2c-4cccc12. The van der Waals surface area contributed by atoms with Gasteiger partial charge >= 0.3 is 0 Å². The molecule has 1 aliphatic carbocycles. The molecule has 0 unspecified atom stereocenters. The Labute approximate surface area is 114 Å². The van der Waals surface area contributed by atoms with E-state index >= 15 is 0 Å². The van der Waals surface area contributed by atoms with Crippen molar-refractivity contribution < 1.29 is 10.2 Å². The van der Waals surface area contributed by atoms with Gasteiger partial charge in [0.2, 0.25) is 0 Å². The van der Waals surface area contributed by atoms with E-state index in [0.29, 0.717) is 0 Å². The highest BCUT2D eigenvalue weighted by atomic mass is 16.3. The topological polar surface area (TPSA) is 40.5 Å². The van der Waals surface area contributed by atoms with E-state index in [0.717, 1.165) is 32.5 Å². The molecule has 0 radical (unpaired) electrons.